The van der Waals surface area contributed by atoms with Crippen LogP contribution < -0.4 is 22.1 Å². The number of amides is 2. The zero-order chi connectivity index (χ0) is 20.3. The van der Waals surface area contributed by atoms with Gasteiger partial charge in [-0.15, -0.1) is 0 Å². The molecule has 0 bridgehead atoms. The second-order valence-electron chi connectivity index (χ2n) is 6.20. The van der Waals surface area contributed by atoms with Gasteiger partial charge in [0, 0.05) is 29.3 Å². The number of aromatic nitrogens is 3. The van der Waals surface area contributed by atoms with E-state index < -0.39 is 23.1 Å². The normalized spacial score (nSPS) is 10.5. The third-order valence-corrected chi connectivity index (χ3v) is 4.22. The van der Waals surface area contributed by atoms with Gasteiger partial charge in [-0.25, -0.2) is 4.79 Å². The number of aryl methyl sites for hydroxylation is 1. The first-order valence-electron chi connectivity index (χ1n) is 8.50. The van der Waals surface area contributed by atoms with E-state index in [4.69, 9.17) is 0 Å². The molecular weight excluding hydrogens is 362 g/mol. The fourth-order valence-electron chi connectivity index (χ4n) is 2.92. The van der Waals surface area contributed by atoms with Gasteiger partial charge in [0.25, 0.3) is 17.4 Å². The average molecular weight is 381 g/mol. The lowest BCUT2D eigenvalue weighted by Crippen LogP contribution is -2.44. The van der Waals surface area contributed by atoms with Crippen molar-refractivity contribution in [2.45, 2.75) is 20.4 Å². The minimum absolute atomic E-state index is 0.348. The second-order valence-corrected chi connectivity index (χ2v) is 6.20. The summed E-state index contributed by atoms with van der Waals surface area (Å²) in [6.45, 7) is 3.35. The van der Waals surface area contributed by atoms with E-state index in [1.807, 2.05) is 53.7 Å². The van der Waals surface area contributed by atoms with E-state index in [9.17, 15) is 19.2 Å². The summed E-state index contributed by atoms with van der Waals surface area (Å²) in [6.07, 6.45) is 1.20. The fraction of sp³-hybridized carbons (Fsp3) is 0.158. The van der Waals surface area contributed by atoms with Crippen LogP contribution in [0.5, 0.6) is 0 Å². The molecule has 0 unspecified atom stereocenters. The third kappa shape index (κ3) is 3.93. The smallest absolute Gasteiger partial charge is 0.318 e. The quantitative estimate of drug-likeness (QED) is 0.567. The van der Waals surface area contributed by atoms with Crippen LogP contribution in [0.2, 0.25) is 0 Å². The van der Waals surface area contributed by atoms with Crippen LogP contribution in [0, 0.1) is 13.8 Å². The minimum atomic E-state index is -0.708. The molecule has 9 nitrogen and oxygen atoms in total. The summed E-state index contributed by atoms with van der Waals surface area (Å²) in [7, 11) is 0. The van der Waals surface area contributed by atoms with Crippen molar-refractivity contribution in [2.75, 3.05) is 0 Å². The highest BCUT2D eigenvalue weighted by Gasteiger charge is 2.17. The number of H-pyrrole nitrogens is 1. The maximum Gasteiger partial charge on any atom is 0.328 e. The number of aromatic amines is 1. The van der Waals surface area contributed by atoms with Gasteiger partial charge in [-0.3, -0.25) is 34.8 Å². The van der Waals surface area contributed by atoms with Crippen molar-refractivity contribution >= 4 is 11.8 Å². The highest BCUT2D eigenvalue weighted by atomic mass is 16.2. The van der Waals surface area contributed by atoms with Gasteiger partial charge >= 0.3 is 5.69 Å². The number of nitrogens with zero attached hydrogens (tertiary/aromatic N) is 2. The predicted molar refractivity (Wildman–Crippen MR) is 102 cm³/mol. The summed E-state index contributed by atoms with van der Waals surface area (Å²) in [5.74, 6) is -1.09. The zero-order valence-corrected chi connectivity index (χ0v) is 15.4. The van der Waals surface area contributed by atoms with Crippen molar-refractivity contribution in [3.05, 3.63) is 86.5 Å². The lowest BCUT2D eigenvalue weighted by molar-refractivity contribution is -0.122. The standard InChI is InChI=1S/C19H19N5O4/c1-12-10-15(13(2)24(12)14-6-4-3-5-7-14)18(27)22-21-17(26)11-23-9-8-16(25)20-19(23)28/h3-10H,11H2,1-2H3,(H,21,26)(H,22,27)(H,20,25,28). The highest BCUT2D eigenvalue weighted by Crippen LogP contribution is 2.20. The Bertz CT molecular complexity index is 1140. The summed E-state index contributed by atoms with van der Waals surface area (Å²) >= 11 is 0. The van der Waals surface area contributed by atoms with Crippen LogP contribution in [-0.4, -0.2) is 25.9 Å². The molecular formula is C19H19N5O4. The number of hydrazine groups is 1. The van der Waals surface area contributed by atoms with Crippen molar-refractivity contribution in [3.63, 3.8) is 0 Å². The summed E-state index contributed by atoms with van der Waals surface area (Å²) in [4.78, 5) is 49.1. The van der Waals surface area contributed by atoms with Crippen LogP contribution in [0.4, 0.5) is 0 Å². The molecule has 2 aromatic heterocycles. The van der Waals surface area contributed by atoms with Crippen LogP contribution in [0.3, 0.4) is 0 Å². The van der Waals surface area contributed by atoms with Gasteiger partial charge < -0.3 is 4.57 Å². The molecule has 0 radical (unpaired) electrons. The van der Waals surface area contributed by atoms with Gasteiger partial charge in [-0.1, -0.05) is 18.2 Å². The third-order valence-electron chi connectivity index (χ3n) is 4.22. The molecule has 0 aliphatic heterocycles. The number of hydrogen-bond acceptors (Lipinski definition) is 4. The van der Waals surface area contributed by atoms with Crippen LogP contribution in [0.25, 0.3) is 5.69 Å². The Balaban J connectivity index is 1.69. The number of nitrogens with one attached hydrogen (secondary N) is 3. The van der Waals surface area contributed by atoms with E-state index in [1.54, 1.807) is 6.07 Å². The summed E-state index contributed by atoms with van der Waals surface area (Å²) in [5.41, 5.74) is 6.30. The summed E-state index contributed by atoms with van der Waals surface area (Å²) < 4.78 is 2.96. The number of carbonyl (C=O) groups excluding carboxylic acids is 2. The maximum absolute atomic E-state index is 12.5. The predicted octanol–water partition coefficient (Wildman–Crippen LogP) is 0.405. The first-order chi connectivity index (χ1) is 13.4. The molecule has 3 aromatic rings. The van der Waals surface area contributed by atoms with Crippen LogP contribution in [0.1, 0.15) is 21.7 Å². The monoisotopic (exact) mass is 381 g/mol. The average Bonchev–Trinajstić information content (AvgIpc) is 2.97. The van der Waals surface area contributed by atoms with Crippen LogP contribution >= 0.6 is 0 Å². The van der Waals surface area contributed by atoms with E-state index >= 15 is 0 Å². The molecule has 3 rings (SSSR count). The summed E-state index contributed by atoms with van der Waals surface area (Å²) in [5, 5.41) is 0. The molecule has 9 heteroatoms. The molecule has 0 aliphatic carbocycles. The molecule has 1 aromatic carbocycles. The lowest BCUT2D eigenvalue weighted by Gasteiger charge is -2.10. The molecule has 28 heavy (non-hydrogen) atoms. The molecule has 0 spiro atoms. The van der Waals surface area contributed by atoms with E-state index in [0.717, 1.165) is 27.7 Å². The Morgan fingerprint density at radius 2 is 1.75 bits per heavy atom. The molecule has 0 saturated heterocycles. The van der Waals surface area contributed by atoms with E-state index in [-0.39, 0.29) is 6.54 Å². The number of benzene rings is 1. The second kappa shape index (κ2) is 7.78. The SMILES string of the molecule is Cc1cc(C(=O)NNC(=O)Cn2ccc(=O)[nH]c2=O)c(C)n1-c1ccccc1. The van der Waals surface area contributed by atoms with E-state index in [2.05, 4.69) is 10.9 Å². The first-order valence-corrected chi connectivity index (χ1v) is 8.50. The maximum atomic E-state index is 12.5. The zero-order valence-electron chi connectivity index (χ0n) is 15.4. The Labute approximate surface area is 159 Å². The Hall–Kier alpha value is -3.88. The van der Waals surface area contributed by atoms with Gasteiger partial charge in [-0.05, 0) is 32.0 Å². The number of carbonyl (C=O) groups is 2. The topological polar surface area (TPSA) is 118 Å². The van der Waals surface area contributed by atoms with Gasteiger partial charge in [0.15, 0.2) is 0 Å². The van der Waals surface area contributed by atoms with Gasteiger partial charge in [0.1, 0.15) is 6.54 Å². The molecule has 0 atom stereocenters. The Kier molecular flexibility index (Phi) is 5.25. The Morgan fingerprint density at radius 3 is 2.43 bits per heavy atom. The minimum Gasteiger partial charge on any atom is -0.318 e. The number of para-hydroxylation sites is 1. The molecule has 2 heterocycles. The summed E-state index contributed by atoms with van der Waals surface area (Å²) in [6, 6.07) is 12.5. The van der Waals surface area contributed by atoms with Crippen LogP contribution in [0.15, 0.2) is 58.3 Å². The molecule has 0 saturated carbocycles. The molecule has 144 valence electrons. The van der Waals surface area contributed by atoms with Crippen molar-refractivity contribution < 1.29 is 9.59 Å². The van der Waals surface area contributed by atoms with E-state index in [0.29, 0.717) is 5.56 Å². The molecule has 0 fully saturated rings. The van der Waals surface area contributed by atoms with E-state index in [1.165, 1.54) is 6.20 Å². The van der Waals surface area contributed by atoms with Crippen molar-refractivity contribution in [3.8, 4) is 5.69 Å². The van der Waals surface area contributed by atoms with Crippen LogP contribution in [-0.2, 0) is 11.3 Å². The highest BCUT2D eigenvalue weighted by molar-refractivity contribution is 5.96. The number of rotatable bonds is 4. The van der Waals surface area contributed by atoms with Gasteiger partial charge in [0.2, 0.25) is 0 Å². The van der Waals surface area contributed by atoms with Crippen molar-refractivity contribution in [1.82, 2.24) is 25.0 Å². The molecule has 0 aliphatic rings. The lowest BCUT2D eigenvalue weighted by atomic mass is 10.2. The molecule has 2 amide bonds. The van der Waals surface area contributed by atoms with Crippen molar-refractivity contribution in [2.24, 2.45) is 0 Å². The first kappa shape index (κ1) is 18.9. The molecule has 3 N–H and O–H groups in total. The fourth-order valence-corrected chi connectivity index (χ4v) is 2.92. The van der Waals surface area contributed by atoms with Gasteiger partial charge in [0.05, 0.1) is 5.56 Å². The van der Waals surface area contributed by atoms with Crippen molar-refractivity contribution in [1.29, 1.82) is 0 Å². The Morgan fingerprint density at radius 1 is 1.04 bits per heavy atom. The largest absolute Gasteiger partial charge is 0.328 e. The van der Waals surface area contributed by atoms with Gasteiger partial charge in [-0.2, -0.15) is 0 Å². The number of hydrogen-bond donors (Lipinski definition) is 3.